The van der Waals surface area contributed by atoms with E-state index < -0.39 is 161 Å². The van der Waals surface area contributed by atoms with Crippen molar-refractivity contribution in [1.29, 1.82) is 0 Å². The molecule has 0 aromatic carbocycles. The number of aliphatic hydroxyl groups excluding tert-OH is 2. The summed E-state index contributed by atoms with van der Waals surface area (Å²) in [6.07, 6.45) is 2.92. The van der Waals surface area contributed by atoms with E-state index in [0.717, 1.165) is 9.80 Å². The summed E-state index contributed by atoms with van der Waals surface area (Å²) in [6.45, 7) is 27.9. The number of allylic oxidation sites excluding steroid dienone is 2. The van der Waals surface area contributed by atoms with Crippen LogP contribution in [-0.4, -0.2) is 263 Å². The Morgan fingerprint density at radius 1 is 0.495 bits per heavy atom. The van der Waals surface area contributed by atoms with Crippen LogP contribution in [0.2, 0.25) is 0 Å². The van der Waals surface area contributed by atoms with Gasteiger partial charge in [-0.3, -0.25) is 52.7 Å². The van der Waals surface area contributed by atoms with E-state index in [9.17, 15) is 34.2 Å². The lowest BCUT2D eigenvalue weighted by atomic mass is 9.91. The number of hydrogen-bond acceptors (Lipinski definition) is 15. The zero-order chi connectivity index (χ0) is 71.8. The first-order chi connectivity index (χ1) is 43.2. The fraction of sp³-hybridized carbons (Fsp3) is 0.806. The second-order valence-corrected chi connectivity index (χ2v) is 28.7. The topological polar surface area (TPSA) is 308 Å². The van der Waals surface area contributed by atoms with Gasteiger partial charge in [0.05, 0.1) is 12.2 Å². The van der Waals surface area contributed by atoms with Gasteiger partial charge in [0.2, 0.25) is 65.0 Å². The first-order valence-corrected chi connectivity index (χ1v) is 34.5. The van der Waals surface area contributed by atoms with Gasteiger partial charge in [-0.25, -0.2) is 0 Å². The summed E-state index contributed by atoms with van der Waals surface area (Å²) in [4.78, 5) is 172. The highest BCUT2D eigenvalue weighted by atomic mass is 32.2. The average Bonchev–Trinajstić information content (AvgIpc) is 0.826. The molecule has 1 aliphatic rings. The van der Waals surface area contributed by atoms with E-state index in [4.69, 9.17) is 4.74 Å². The largest absolute Gasteiger partial charge is 0.391 e. The Bertz CT molecular complexity index is 2500. The van der Waals surface area contributed by atoms with Gasteiger partial charge >= 0.3 is 0 Å². The van der Waals surface area contributed by atoms with Crippen LogP contribution in [0.4, 0.5) is 0 Å². The van der Waals surface area contributed by atoms with Gasteiger partial charge in [0.15, 0.2) is 0 Å². The van der Waals surface area contributed by atoms with Crippen molar-refractivity contribution >= 4 is 76.7 Å². The van der Waals surface area contributed by atoms with Gasteiger partial charge in [0.25, 0.3) is 0 Å². The molecule has 0 aromatic rings. The maximum absolute atomic E-state index is 15.4. The molecule has 0 saturated carbocycles. The number of nitrogens with one attached hydrogen (secondary N) is 4. The minimum Gasteiger partial charge on any atom is -0.391 e. The Hall–Kier alpha value is -5.86. The van der Waals surface area contributed by atoms with Gasteiger partial charge in [-0.05, 0) is 114 Å². The maximum atomic E-state index is 15.4. The number of ether oxygens (including phenoxy) is 1. The predicted molar refractivity (Wildman–Crippen MR) is 363 cm³/mol. The summed E-state index contributed by atoms with van der Waals surface area (Å²) in [5.74, 6) is -9.97. The second-order valence-electron chi connectivity index (χ2n) is 27.5. The molecule has 534 valence electrons. The molecule has 14 atom stereocenters. The van der Waals surface area contributed by atoms with Crippen LogP contribution in [0.15, 0.2) is 12.2 Å². The molecule has 1 fully saturated rings. The zero-order valence-corrected chi connectivity index (χ0v) is 61.6. The molecule has 1 saturated heterocycles. The fourth-order valence-electron chi connectivity index (χ4n) is 11.6. The highest BCUT2D eigenvalue weighted by Crippen LogP contribution is 2.26. The number of methoxy groups -OCH3 is 1. The van der Waals surface area contributed by atoms with Crippen LogP contribution in [0.3, 0.4) is 0 Å². The summed E-state index contributed by atoms with van der Waals surface area (Å²) in [7, 11) is 11.3. The molecule has 0 bridgehead atoms. The Morgan fingerprint density at radius 2 is 0.946 bits per heavy atom. The molecule has 0 aromatic heterocycles. The van der Waals surface area contributed by atoms with Gasteiger partial charge in [-0.1, -0.05) is 102 Å². The van der Waals surface area contributed by atoms with Crippen molar-refractivity contribution in [1.82, 2.24) is 55.6 Å². The summed E-state index contributed by atoms with van der Waals surface area (Å²) >= 11 is 1.36. The summed E-state index contributed by atoms with van der Waals surface area (Å²) in [5.41, 5.74) is 0. The first kappa shape index (κ1) is 85.2. The summed E-state index contributed by atoms with van der Waals surface area (Å²) in [6, 6.07) is -14.6. The Kier molecular flexibility index (Phi) is 37.1. The number of hydrogen-bond donors (Lipinski definition) is 6. The van der Waals surface area contributed by atoms with Gasteiger partial charge < -0.3 is 70.5 Å². The third-order valence-corrected chi connectivity index (χ3v) is 18.5. The van der Waals surface area contributed by atoms with Crippen molar-refractivity contribution in [2.45, 2.75) is 241 Å². The van der Waals surface area contributed by atoms with E-state index in [2.05, 4.69) is 21.3 Å². The van der Waals surface area contributed by atoms with Crippen LogP contribution in [0.25, 0.3) is 0 Å². The van der Waals surface area contributed by atoms with Crippen LogP contribution >= 0.6 is 11.8 Å². The predicted octanol–water partition coefficient (Wildman–Crippen LogP) is 3.52. The van der Waals surface area contributed by atoms with E-state index >= 15 is 28.8 Å². The van der Waals surface area contributed by atoms with Gasteiger partial charge in [0.1, 0.15) is 66.5 Å². The molecule has 6 N–H and O–H groups in total. The van der Waals surface area contributed by atoms with Crippen molar-refractivity contribution in [2.75, 3.05) is 74.6 Å². The Balaban J connectivity index is 4.54. The monoisotopic (exact) mass is 1340 g/mol. The molecule has 1 heterocycles. The third kappa shape index (κ3) is 24.7. The molecule has 26 heteroatoms. The number of amides is 11. The number of rotatable bonds is 22. The van der Waals surface area contributed by atoms with Crippen molar-refractivity contribution in [3.8, 4) is 0 Å². The standard InChI is InChI=1S/C67H121N11O14S/c1-25-27-31-43(13)56(80)55-60(84)70-47(30-26-2)62(86)75(20)51(37-93-33-29-28-32-92-24)65(89)77(22)54(46(16)79)59(83)71-52(41(9)10)66(90)72(17)48(34-38(3)4)58(82)68-44(14)57(81)69-45(15)61(85)73(18)49(35-39(5)6)63(87)74(19)50(36-40(7)8)64(88)76(21)53(42(11)12)67(91)78(55)23/h25,27,38-56,79-80H,26,28-37H2,1-24H3,(H,68,82)(H,69,81)(H,70,84)(H,71,83)/b27-25+/t43-,44-,45+,46?,47+,48-,49+,50+,51-,52-,53+,54+,55+,56-/m1/s1. The van der Waals surface area contributed by atoms with Gasteiger partial charge in [-0.2, -0.15) is 11.8 Å². The fourth-order valence-corrected chi connectivity index (χ4v) is 12.8. The molecule has 1 rings (SSSR count). The Morgan fingerprint density at radius 3 is 1.43 bits per heavy atom. The molecule has 1 unspecified atom stereocenters. The molecule has 0 aliphatic carbocycles. The molecular weight excluding hydrogens is 1210 g/mol. The minimum atomic E-state index is -1.66. The number of likely N-dealkylation sites (N-methyl/N-ethyl adjacent to an activating group) is 7. The average molecular weight is 1340 g/mol. The van der Waals surface area contributed by atoms with Crippen molar-refractivity contribution in [2.24, 2.45) is 35.5 Å². The molecule has 11 amide bonds. The molecular formula is C67H121N11O14S. The van der Waals surface area contributed by atoms with Crippen molar-refractivity contribution in [3.05, 3.63) is 12.2 Å². The number of unbranched alkanes of at least 4 members (excludes halogenated alkanes) is 1. The third-order valence-electron chi connectivity index (χ3n) is 17.4. The van der Waals surface area contributed by atoms with Gasteiger partial charge in [0, 0.05) is 68.8 Å². The van der Waals surface area contributed by atoms with Crippen molar-refractivity contribution < 1.29 is 67.7 Å². The number of nitrogens with zero attached hydrogens (tertiary/aromatic N) is 7. The van der Waals surface area contributed by atoms with Crippen LogP contribution in [0.5, 0.6) is 0 Å². The number of carbonyl (C=O) groups is 11. The lowest BCUT2D eigenvalue weighted by molar-refractivity contribution is -0.157. The molecule has 1 aliphatic heterocycles. The highest BCUT2D eigenvalue weighted by Gasteiger charge is 2.47. The van der Waals surface area contributed by atoms with Crippen LogP contribution < -0.4 is 21.3 Å². The second kappa shape index (κ2) is 40.5. The first-order valence-electron chi connectivity index (χ1n) is 33.3. The smallest absolute Gasteiger partial charge is 0.246 e. The lowest BCUT2D eigenvalue weighted by Gasteiger charge is -2.41. The zero-order valence-electron chi connectivity index (χ0n) is 60.7. The Labute approximate surface area is 560 Å². The number of aliphatic hydroxyl groups is 2. The van der Waals surface area contributed by atoms with Crippen LogP contribution in [0, 0.1) is 35.5 Å². The number of carbonyl (C=O) groups excluding carboxylic acids is 11. The molecule has 0 spiro atoms. The van der Waals surface area contributed by atoms with E-state index in [0.29, 0.717) is 31.6 Å². The van der Waals surface area contributed by atoms with Crippen LogP contribution in [-0.2, 0) is 57.5 Å². The van der Waals surface area contributed by atoms with Crippen molar-refractivity contribution in [3.63, 3.8) is 0 Å². The SMILES string of the molecule is C/C=C/C[C@@H](C)[C@@H](O)[C@H]1C(=O)N[C@@H](CCC)C(=O)N(C)[C@H](CSCCCCOC)C(=O)N(C)[C@@H](C(C)O)C(=O)N[C@H](C(C)C)C(=O)N(C)[C@H](CC(C)C)C(=O)N[C@H](C)C(=O)N[C@@H](C)C(=O)N(C)[C@@H](CC(C)C)C(=O)N(C)[C@@H](CC(C)C)C(=O)N(C)[C@@H](C(C)C)C(=O)N1C. The summed E-state index contributed by atoms with van der Waals surface area (Å²) < 4.78 is 5.24. The van der Waals surface area contributed by atoms with E-state index in [1.54, 1.807) is 67.7 Å². The minimum absolute atomic E-state index is 0.00458. The number of thioether (sulfide) groups is 1. The molecule has 25 nitrogen and oxygen atoms in total. The summed E-state index contributed by atoms with van der Waals surface area (Å²) in [5, 5.41) is 34.7. The lowest BCUT2D eigenvalue weighted by Crippen LogP contribution is -2.64. The normalized spacial score (nSPS) is 26.7. The quantitative estimate of drug-likeness (QED) is 0.0668. The molecule has 93 heavy (non-hydrogen) atoms. The van der Waals surface area contributed by atoms with E-state index in [1.165, 1.54) is 106 Å². The van der Waals surface area contributed by atoms with E-state index in [-0.39, 0.29) is 55.6 Å². The van der Waals surface area contributed by atoms with E-state index in [1.807, 2.05) is 41.5 Å². The van der Waals surface area contributed by atoms with Gasteiger partial charge in [-0.15, -0.1) is 0 Å². The molecule has 0 radical (unpaired) electrons. The maximum Gasteiger partial charge on any atom is 0.246 e. The highest BCUT2D eigenvalue weighted by molar-refractivity contribution is 7.99. The van der Waals surface area contributed by atoms with Crippen LogP contribution in [0.1, 0.15) is 162 Å².